The Morgan fingerprint density at radius 2 is 1.90 bits per heavy atom. The van der Waals surface area contributed by atoms with Gasteiger partial charge >= 0.3 is 0 Å². The molecule has 0 radical (unpaired) electrons. The van der Waals surface area contributed by atoms with Crippen molar-refractivity contribution in [2.24, 2.45) is 5.92 Å². The zero-order valence-corrected chi connectivity index (χ0v) is 18.7. The van der Waals surface area contributed by atoms with Crippen LogP contribution in [0.15, 0.2) is 48.5 Å². The van der Waals surface area contributed by atoms with E-state index in [-0.39, 0.29) is 24.3 Å². The van der Waals surface area contributed by atoms with Crippen LogP contribution in [0.25, 0.3) is 0 Å². The van der Waals surface area contributed by atoms with Gasteiger partial charge in [0.1, 0.15) is 5.75 Å². The third-order valence-corrected chi connectivity index (χ3v) is 7.10. The molecule has 3 rings (SSSR count). The number of ether oxygens (including phenoxy) is 1. The third kappa shape index (κ3) is 5.97. The Balaban J connectivity index is 1.62. The zero-order chi connectivity index (χ0) is 21.7. The maximum Gasteiger partial charge on any atom is 0.228 e. The number of sulfonamides is 1. The summed E-state index contributed by atoms with van der Waals surface area (Å²) < 4.78 is 32.8. The molecule has 0 saturated carbocycles. The number of nitrogens with zero attached hydrogens (tertiary/aromatic N) is 1. The van der Waals surface area contributed by atoms with Crippen molar-refractivity contribution >= 4 is 33.2 Å². The van der Waals surface area contributed by atoms with Crippen LogP contribution in [0.2, 0.25) is 5.02 Å². The Kier molecular flexibility index (Phi) is 7.39. The van der Waals surface area contributed by atoms with Crippen LogP contribution in [0.4, 0.5) is 5.69 Å². The van der Waals surface area contributed by atoms with E-state index in [1.54, 1.807) is 48.5 Å². The van der Waals surface area contributed by atoms with Gasteiger partial charge in [0, 0.05) is 23.8 Å². The van der Waals surface area contributed by atoms with E-state index in [1.807, 2.05) is 13.8 Å². The van der Waals surface area contributed by atoms with Gasteiger partial charge in [-0.2, -0.15) is 0 Å². The minimum Gasteiger partial charge on any atom is -0.491 e. The monoisotopic (exact) mass is 450 g/mol. The lowest BCUT2D eigenvalue weighted by atomic mass is 9.99. The molecule has 0 bridgehead atoms. The summed E-state index contributed by atoms with van der Waals surface area (Å²) in [4.78, 5) is 12.7. The molecule has 1 aliphatic rings. The van der Waals surface area contributed by atoms with Crippen molar-refractivity contribution in [2.45, 2.75) is 38.5 Å². The highest BCUT2D eigenvalue weighted by Crippen LogP contribution is 2.25. The maximum atomic E-state index is 12.9. The summed E-state index contributed by atoms with van der Waals surface area (Å²) in [6, 6.07) is 14.1. The highest BCUT2D eigenvalue weighted by Gasteiger charge is 2.32. The summed E-state index contributed by atoms with van der Waals surface area (Å²) in [5, 5.41) is 3.31. The predicted octanol–water partition coefficient (Wildman–Crippen LogP) is 4.31. The minimum absolute atomic E-state index is 0.0754. The number of hydrogen-bond acceptors (Lipinski definition) is 4. The molecule has 0 aromatic heterocycles. The van der Waals surface area contributed by atoms with Crippen LogP contribution in [-0.4, -0.2) is 37.8 Å². The summed E-state index contributed by atoms with van der Waals surface area (Å²) in [6.07, 6.45) is 1.37. The maximum absolute atomic E-state index is 12.9. The number of hydrogen-bond donors (Lipinski definition) is 1. The highest BCUT2D eigenvalue weighted by atomic mass is 35.5. The Morgan fingerprint density at radius 3 is 2.57 bits per heavy atom. The number of anilines is 1. The second-order valence-corrected chi connectivity index (χ2v) is 10.1. The molecule has 1 N–H and O–H groups in total. The molecule has 8 heteroatoms. The molecule has 6 nitrogen and oxygen atoms in total. The first-order valence-electron chi connectivity index (χ1n) is 10.0. The summed E-state index contributed by atoms with van der Waals surface area (Å²) >= 11 is 6.12. The molecule has 0 unspecified atom stereocenters. The first kappa shape index (κ1) is 22.6. The molecule has 2 aromatic carbocycles. The van der Waals surface area contributed by atoms with Crippen molar-refractivity contribution in [1.82, 2.24) is 4.31 Å². The van der Waals surface area contributed by atoms with Gasteiger partial charge in [0.05, 0.1) is 17.8 Å². The molecule has 1 aliphatic heterocycles. The van der Waals surface area contributed by atoms with Crippen LogP contribution < -0.4 is 10.1 Å². The summed E-state index contributed by atoms with van der Waals surface area (Å²) in [5.74, 6) is -0.00718. The van der Waals surface area contributed by atoms with Crippen LogP contribution in [0.5, 0.6) is 5.75 Å². The van der Waals surface area contributed by atoms with Gasteiger partial charge in [-0.25, -0.2) is 12.7 Å². The normalized spacial score (nSPS) is 17.7. The number of piperidine rings is 1. The fourth-order valence-corrected chi connectivity index (χ4v) is 5.37. The van der Waals surface area contributed by atoms with Gasteiger partial charge in [-0.1, -0.05) is 29.8 Å². The quantitative estimate of drug-likeness (QED) is 0.682. The molecule has 1 amide bonds. The number of nitrogens with one attached hydrogen (secondary N) is 1. The molecule has 1 heterocycles. The van der Waals surface area contributed by atoms with Crippen molar-refractivity contribution in [2.75, 3.05) is 18.4 Å². The van der Waals surface area contributed by atoms with E-state index in [0.29, 0.717) is 35.7 Å². The summed E-state index contributed by atoms with van der Waals surface area (Å²) in [6.45, 7) is 4.49. The van der Waals surface area contributed by atoms with Crippen LogP contribution in [0, 0.1) is 5.92 Å². The fourth-order valence-electron chi connectivity index (χ4n) is 3.45. The van der Waals surface area contributed by atoms with Gasteiger partial charge in [-0.3, -0.25) is 4.79 Å². The predicted molar refractivity (Wildman–Crippen MR) is 119 cm³/mol. The van der Waals surface area contributed by atoms with Crippen LogP contribution in [-0.2, 0) is 20.6 Å². The van der Waals surface area contributed by atoms with Gasteiger partial charge in [0.25, 0.3) is 0 Å². The van der Waals surface area contributed by atoms with Gasteiger partial charge in [-0.15, -0.1) is 0 Å². The lowest BCUT2D eigenvalue weighted by molar-refractivity contribution is -0.120. The molecule has 1 fully saturated rings. The largest absolute Gasteiger partial charge is 0.491 e. The molecule has 0 spiro atoms. The second kappa shape index (κ2) is 9.81. The number of carbonyl (C=O) groups is 1. The Hall–Kier alpha value is -2.09. The molecule has 1 saturated heterocycles. The molecule has 1 atom stereocenters. The zero-order valence-electron chi connectivity index (χ0n) is 17.2. The van der Waals surface area contributed by atoms with Crippen molar-refractivity contribution in [3.63, 3.8) is 0 Å². The first-order chi connectivity index (χ1) is 14.2. The number of benzene rings is 2. The molecule has 2 aromatic rings. The Labute approximate surface area is 183 Å². The Bertz CT molecular complexity index is 977. The van der Waals surface area contributed by atoms with E-state index in [9.17, 15) is 13.2 Å². The van der Waals surface area contributed by atoms with E-state index >= 15 is 0 Å². The summed E-state index contributed by atoms with van der Waals surface area (Å²) in [7, 11) is -3.56. The summed E-state index contributed by atoms with van der Waals surface area (Å²) in [5.41, 5.74) is 1.22. The second-order valence-electron chi connectivity index (χ2n) is 7.73. The lowest BCUT2D eigenvalue weighted by Crippen LogP contribution is -2.44. The van der Waals surface area contributed by atoms with Crippen LogP contribution in [0.3, 0.4) is 0 Å². The van der Waals surface area contributed by atoms with Crippen molar-refractivity contribution < 1.29 is 17.9 Å². The SMILES string of the molecule is CC(C)Oc1ccc(NC(=O)[C@@H]2CCCN(S(=O)(=O)Cc3ccccc3Cl)C2)cc1. The Morgan fingerprint density at radius 1 is 1.20 bits per heavy atom. The molecule has 0 aliphatic carbocycles. The van der Waals surface area contributed by atoms with E-state index in [1.165, 1.54) is 4.31 Å². The molecule has 30 heavy (non-hydrogen) atoms. The third-order valence-electron chi connectivity index (χ3n) is 4.94. The van der Waals surface area contributed by atoms with Gasteiger partial charge in [0.15, 0.2) is 0 Å². The number of amides is 1. The number of carbonyl (C=O) groups excluding carboxylic acids is 1. The van der Waals surface area contributed by atoms with Crippen molar-refractivity contribution in [1.29, 1.82) is 0 Å². The van der Waals surface area contributed by atoms with Crippen molar-refractivity contribution in [3.8, 4) is 5.75 Å². The van der Waals surface area contributed by atoms with E-state index in [2.05, 4.69) is 5.32 Å². The van der Waals surface area contributed by atoms with E-state index < -0.39 is 15.9 Å². The smallest absolute Gasteiger partial charge is 0.228 e. The van der Waals surface area contributed by atoms with E-state index in [0.717, 1.165) is 5.75 Å². The van der Waals surface area contributed by atoms with Gasteiger partial charge in [0.2, 0.25) is 15.9 Å². The molecule has 162 valence electrons. The number of halogens is 1. The van der Waals surface area contributed by atoms with E-state index in [4.69, 9.17) is 16.3 Å². The van der Waals surface area contributed by atoms with Gasteiger partial charge < -0.3 is 10.1 Å². The fraction of sp³-hybridized carbons (Fsp3) is 0.409. The topological polar surface area (TPSA) is 75.7 Å². The average Bonchev–Trinajstić information content (AvgIpc) is 2.71. The van der Waals surface area contributed by atoms with Crippen LogP contribution >= 0.6 is 11.6 Å². The average molecular weight is 451 g/mol. The number of rotatable bonds is 7. The van der Waals surface area contributed by atoms with Crippen molar-refractivity contribution in [3.05, 3.63) is 59.1 Å². The molecular formula is C22H27ClN2O4S. The molecular weight excluding hydrogens is 424 g/mol. The van der Waals surface area contributed by atoms with Crippen LogP contribution in [0.1, 0.15) is 32.3 Å². The standard InChI is InChI=1S/C22H27ClN2O4S/c1-16(2)29-20-11-9-19(10-12-20)24-22(26)17-7-5-13-25(14-17)30(27,28)15-18-6-3-4-8-21(18)23/h3-4,6,8-12,16-17H,5,7,13-15H2,1-2H3,(H,24,26)/t17-/m1/s1. The highest BCUT2D eigenvalue weighted by molar-refractivity contribution is 7.88. The van der Waals surface area contributed by atoms with Gasteiger partial charge in [-0.05, 0) is 62.6 Å². The first-order valence-corrected chi connectivity index (χ1v) is 12.0. The minimum atomic E-state index is -3.56. The lowest BCUT2D eigenvalue weighted by Gasteiger charge is -2.31.